The lowest BCUT2D eigenvalue weighted by Gasteiger charge is -2.15. The van der Waals surface area contributed by atoms with Gasteiger partial charge >= 0.3 is 6.18 Å². The summed E-state index contributed by atoms with van der Waals surface area (Å²) in [6.07, 6.45) is -3.21. The second-order valence-electron chi connectivity index (χ2n) is 4.41. The van der Waals surface area contributed by atoms with Gasteiger partial charge in [-0.15, -0.1) is 12.4 Å². The minimum absolute atomic E-state index is 0. The second-order valence-corrected chi connectivity index (χ2v) is 4.41. The molecule has 0 aliphatic carbocycles. The number of aryl methyl sites for hydroxylation is 1. The highest BCUT2D eigenvalue weighted by molar-refractivity contribution is 5.95. The van der Waals surface area contributed by atoms with E-state index in [-0.39, 0.29) is 18.1 Å². The van der Waals surface area contributed by atoms with Gasteiger partial charge in [-0.25, -0.2) is 0 Å². The number of hydrogen-bond acceptors (Lipinski definition) is 2. The molecule has 0 aliphatic rings. The Morgan fingerprint density at radius 1 is 1.40 bits per heavy atom. The summed E-state index contributed by atoms with van der Waals surface area (Å²) in [6, 6.07) is 2.52. The largest absolute Gasteiger partial charge is 0.416 e. The number of nitrogens with one attached hydrogen (secondary N) is 1. The van der Waals surface area contributed by atoms with E-state index < -0.39 is 23.7 Å². The zero-order valence-corrected chi connectivity index (χ0v) is 12.1. The summed E-state index contributed by atoms with van der Waals surface area (Å²) in [5.41, 5.74) is 5.53. The Balaban J connectivity index is 0.00000361. The molecule has 0 heterocycles. The summed E-state index contributed by atoms with van der Waals surface area (Å²) in [6.45, 7) is 3.50. The Hall–Kier alpha value is -1.27. The zero-order chi connectivity index (χ0) is 14.6. The molecule has 3 nitrogen and oxygen atoms in total. The summed E-state index contributed by atoms with van der Waals surface area (Å²) >= 11 is 0. The predicted octanol–water partition coefficient (Wildman–Crippen LogP) is 3.50. The van der Waals surface area contributed by atoms with Crippen LogP contribution in [0.2, 0.25) is 0 Å². The van der Waals surface area contributed by atoms with Crippen LogP contribution >= 0.6 is 12.4 Å². The quantitative estimate of drug-likeness (QED) is 0.894. The lowest BCUT2D eigenvalue weighted by molar-refractivity contribution is -0.137. The van der Waals surface area contributed by atoms with Crippen molar-refractivity contribution < 1.29 is 18.0 Å². The Bertz CT molecular complexity index is 463. The van der Waals surface area contributed by atoms with E-state index in [1.54, 1.807) is 6.92 Å². The Kier molecular flexibility index (Phi) is 7.02. The molecular weight excluding hydrogens is 293 g/mol. The van der Waals surface area contributed by atoms with Crippen LogP contribution in [-0.4, -0.2) is 11.9 Å². The smallest absolute Gasteiger partial charge is 0.324 e. The first-order valence-corrected chi connectivity index (χ1v) is 6.00. The van der Waals surface area contributed by atoms with Crippen LogP contribution in [0.1, 0.15) is 30.9 Å². The molecule has 1 aromatic carbocycles. The molecule has 3 N–H and O–H groups in total. The molecule has 0 saturated carbocycles. The molecule has 0 spiro atoms. The van der Waals surface area contributed by atoms with E-state index in [2.05, 4.69) is 5.32 Å². The van der Waals surface area contributed by atoms with Gasteiger partial charge in [0.15, 0.2) is 0 Å². The van der Waals surface area contributed by atoms with Crippen molar-refractivity contribution in [2.75, 3.05) is 5.32 Å². The first kappa shape index (κ1) is 18.7. The van der Waals surface area contributed by atoms with Gasteiger partial charge in [0.25, 0.3) is 0 Å². The Labute approximate surface area is 122 Å². The van der Waals surface area contributed by atoms with Crippen LogP contribution in [0.5, 0.6) is 0 Å². The third-order valence-electron chi connectivity index (χ3n) is 2.76. The van der Waals surface area contributed by atoms with Gasteiger partial charge in [0, 0.05) is 5.69 Å². The summed E-state index contributed by atoms with van der Waals surface area (Å²) in [4.78, 5) is 11.7. The summed E-state index contributed by atoms with van der Waals surface area (Å²) < 4.78 is 37.7. The van der Waals surface area contributed by atoms with Crippen molar-refractivity contribution in [1.82, 2.24) is 0 Å². The van der Waals surface area contributed by atoms with E-state index in [4.69, 9.17) is 5.73 Å². The van der Waals surface area contributed by atoms with Crippen LogP contribution in [0, 0.1) is 6.92 Å². The molecule has 0 aliphatic heterocycles. The number of carbonyl (C=O) groups is 1. The van der Waals surface area contributed by atoms with Crippen LogP contribution in [0.4, 0.5) is 18.9 Å². The van der Waals surface area contributed by atoms with E-state index in [0.717, 1.165) is 18.6 Å². The predicted molar refractivity (Wildman–Crippen MR) is 74.9 cm³/mol. The van der Waals surface area contributed by atoms with Crippen molar-refractivity contribution in [1.29, 1.82) is 0 Å². The number of nitrogens with two attached hydrogens (primary N) is 1. The third kappa shape index (κ3) is 5.02. The van der Waals surface area contributed by atoms with E-state index in [9.17, 15) is 18.0 Å². The molecule has 1 aromatic rings. The maximum Gasteiger partial charge on any atom is 0.416 e. The van der Waals surface area contributed by atoms with Crippen LogP contribution in [-0.2, 0) is 11.0 Å². The van der Waals surface area contributed by atoms with Gasteiger partial charge in [-0.1, -0.05) is 19.4 Å². The Morgan fingerprint density at radius 3 is 2.50 bits per heavy atom. The number of anilines is 1. The van der Waals surface area contributed by atoms with E-state index >= 15 is 0 Å². The monoisotopic (exact) mass is 310 g/mol. The van der Waals surface area contributed by atoms with Crippen molar-refractivity contribution in [2.45, 2.75) is 38.9 Å². The normalized spacial score (nSPS) is 12.5. The molecule has 1 amide bonds. The average molecular weight is 311 g/mol. The van der Waals surface area contributed by atoms with Gasteiger partial charge in [-0.2, -0.15) is 13.2 Å². The second kappa shape index (κ2) is 7.50. The van der Waals surface area contributed by atoms with Gasteiger partial charge in [0.1, 0.15) is 0 Å². The van der Waals surface area contributed by atoms with Crippen LogP contribution in [0.15, 0.2) is 18.2 Å². The van der Waals surface area contributed by atoms with Crippen LogP contribution in [0.25, 0.3) is 0 Å². The van der Waals surface area contributed by atoms with Crippen molar-refractivity contribution in [3.63, 3.8) is 0 Å². The lowest BCUT2D eigenvalue weighted by atomic mass is 10.1. The van der Waals surface area contributed by atoms with Gasteiger partial charge in [0.05, 0.1) is 11.6 Å². The topological polar surface area (TPSA) is 55.1 Å². The molecule has 20 heavy (non-hydrogen) atoms. The van der Waals surface area contributed by atoms with Gasteiger partial charge in [-0.3, -0.25) is 4.79 Å². The summed E-state index contributed by atoms with van der Waals surface area (Å²) in [5.74, 6) is -0.468. The van der Waals surface area contributed by atoms with E-state index in [1.807, 2.05) is 6.92 Å². The molecule has 1 atom stereocenters. The van der Waals surface area contributed by atoms with Crippen molar-refractivity contribution >= 4 is 24.0 Å². The maximum atomic E-state index is 12.6. The van der Waals surface area contributed by atoms with Crippen molar-refractivity contribution in [2.24, 2.45) is 5.73 Å². The minimum atomic E-state index is -4.43. The number of amides is 1. The molecule has 0 aromatic heterocycles. The first-order chi connectivity index (χ1) is 8.75. The summed E-state index contributed by atoms with van der Waals surface area (Å²) in [7, 11) is 0. The number of hydrogen-bond donors (Lipinski definition) is 2. The SMILES string of the molecule is CCCC(N)C(=O)Nc1cc(C(F)(F)F)ccc1C.Cl. The number of rotatable bonds is 4. The van der Waals surface area contributed by atoms with Gasteiger partial charge < -0.3 is 11.1 Å². The first-order valence-electron chi connectivity index (χ1n) is 6.00. The van der Waals surface area contributed by atoms with E-state index in [1.165, 1.54) is 6.07 Å². The minimum Gasteiger partial charge on any atom is -0.324 e. The van der Waals surface area contributed by atoms with E-state index in [0.29, 0.717) is 12.0 Å². The number of alkyl halides is 3. The Morgan fingerprint density at radius 2 is 2.00 bits per heavy atom. The van der Waals surface area contributed by atoms with Crippen LogP contribution < -0.4 is 11.1 Å². The molecule has 0 bridgehead atoms. The fourth-order valence-electron chi connectivity index (χ4n) is 1.60. The highest BCUT2D eigenvalue weighted by Gasteiger charge is 2.31. The molecule has 0 fully saturated rings. The number of halogens is 4. The third-order valence-corrected chi connectivity index (χ3v) is 2.76. The molecule has 1 unspecified atom stereocenters. The standard InChI is InChI=1S/C13H17F3N2O.ClH/c1-3-4-10(17)12(19)18-11-7-9(13(14,15)16)6-5-8(11)2;/h5-7,10H,3-4,17H2,1-2H3,(H,18,19);1H. The number of carbonyl (C=O) groups excluding carboxylic acids is 1. The summed E-state index contributed by atoms with van der Waals surface area (Å²) in [5, 5.41) is 2.44. The molecule has 1 rings (SSSR count). The molecule has 114 valence electrons. The molecule has 0 saturated heterocycles. The average Bonchev–Trinajstić information content (AvgIpc) is 2.30. The fourth-order valence-corrected chi connectivity index (χ4v) is 1.60. The molecular formula is C13H18ClF3N2O. The zero-order valence-electron chi connectivity index (χ0n) is 11.3. The molecule has 0 radical (unpaired) electrons. The highest BCUT2D eigenvalue weighted by Crippen LogP contribution is 2.32. The highest BCUT2D eigenvalue weighted by atomic mass is 35.5. The fraction of sp³-hybridized carbons (Fsp3) is 0.462. The lowest BCUT2D eigenvalue weighted by Crippen LogP contribution is -2.35. The van der Waals surface area contributed by atoms with Crippen molar-refractivity contribution in [3.05, 3.63) is 29.3 Å². The maximum absolute atomic E-state index is 12.6. The van der Waals surface area contributed by atoms with Crippen molar-refractivity contribution in [3.8, 4) is 0 Å². The van der Waals surface area contributed by atoms with Crippen LogP contribution in [0.3, 0.4) is 0 Å². The number of benzene rings is 1. The van der Waals surface area contributed by atoms with Gasteiger partial charge in [0.2, 0.25) is 5.91 Å². The molecule has 7 heteroatoms. The van der Waals surface area contributed by atoms with Gasteiger partial charge in [-0.05, 0) is 31.0 Å².